The number of aromatic amines is 1. The molecule has 1 fully saturated rings. The zero-order chi connectivity index (χ0) is 19.5. The van der Waals surface area contributed by atoms with Crippen LogP contribution < -0.4 is 4.74 Å². The molecule has 0 aliphatic carbocycles. The summed E-state index contributed by atoms with van der Waals surface area (Å²) >= 11 is 6.02. The quantitative estimate of drug-likeness (QED) is 0.387. The Bertz CT molecular complexity index is 998. The highest BCUT2D eigenvalue weighted by molar-refractivity contribution is 6.30. The molecule has 3 heterocycles. The Morgan fingerprint density at radius 3 is 2.89 bits per heavy atom. The van der Waals surface area contributed by atoms with Gasteiger partial charge < -0.3 is 19.2 Å². The number of halogens is 1. The van der Waals surface area contributed by atoms with Crippen LogP contribution in [0.15, 0.2) is 24.4 Å². The maximum absolute atomic E-state index is 12.1. The number of methoxy groups -OCH3 is 1. The van der Waals surface area contributed by atoms with Crippen LogP contribution in [0.2, 0.25) is 5.15 Å². The average molecular weight is 404 g/mol. The summed E-state index contributed by atoms with van der Waals surface area (Å²) in [4.78, 5) is 22.0. The van der Waals surface area contributed by atoms with Gasteiger partial charge in [0.1, 0.15) is 10.9 Å². The van der Waals surface area contributed by atoms with Gasteiger partial charge in [0, 0.05) is 36.6 Å². The normalized spacial score (nSPS) is 15.2. The highest BCUT2D eigenvalue weighted by Gasteiger charge is 2.16. The Morgan fingerprint density at radius 1 is 1.29 bits per heavy atom. The molecule has 0 saturated carbocycles. The molecule has 0 bridgehead atoms. The lowest BCUT2D eigenvalue weighted by molar-refractivity contribution is 0.0358. The van der Waals surface area contributed by atoms with Crippen molar-refractivity contribution in [3.05, 3.63) is 35.1 Å². The van der Waals surface area contributed by atoms with E-state index < -0.39 is 5.97 Å². The Balaban J connectivity index is 1.59. The second kappa shape index (κ2) is 8.34. The van der Waals surface area contributed by atoms with Crippen molar-refractivity contribution in [3.63, 3.8) is 0 Å². The van der Waals surface area contributed by atoms with Crippen molar-refractivity contribution in [2.75, 3.05) is 46.6 Å². The van der Waals surface area contributed by atoms with Gasteiger partial charge in [-0.1, -0.05) is 11.6 Å². The molecule has 1 aliphatic heterocycles. The number of aromatic nitrogens is 2. The minimum atomic E-state index is -0.406. The number of pyridine rings is 1. The smallest absolute Gasteiger partial charge is 0.338 e. The van der Waals surface area contributed by atoms with Crippen molar-refractivity contribution >= 4 is 39.4 Å². The monoisotopic (exact) mass is 403 g/mol. The van der Waals surface area contributed by atoms with Gasteiger partial charge in [-0.3, -0.25) is 4.90 Å². The Kier molecular flexibility index (Phi) is 5.66. The maximum atomic E-state index is 12.1. The van der Waals surface area contributed by atoms with Crippen LogP contribution in [-0.2, 0) is 9.47 Å². The fraction of sp³-hybridized carbons (Fsp3) is 0.400. The fourth-order valence-corrected chi connectivity index (χ4v) is 3.64. The fourth-order valence-electron chi connectivity index (χ4n) is 3.48. The van der Waals surface area contributed by atoms with Gasteiger partial charge in [-0.15, -0.1) is 0 Å². The lowest BCUT2D eigenvalue weighted by atomic mass is 10.1. The summed E-state index contributed by atoms with van der Waals surface area (Å²) < 4.78 is 16.3. The van der Waals surface area contributed by atoms with Gasteiger partial charge in [-0.25, -0.2) is 9.78 Å². The number of hydrogen-bond acceptors (Lipinski definition) is 6. The number of carbonyl (C=O) groups is 1. The van der Waals surface area contributed by atoms with Crippen LogP contribution in [0.3, 0.4) is 0 Å². The van der Waals surface area contributed by atoms with E-state index in [9.17, 15) is 4.79 Å². The van der Waals surface area contributed by atoms with E-state index in [1.807, 2.05) is 0 Å². The largest absolute Gasteiger partial charge is 0.491 e. The Labute approximate surface area is 167 Å². The summed E-state index contributed by atoms with van der Waals surface area (Å²) in [5.74, 6) is 0.212. The number of morpholine rings is 1. The lowest BCUT2D eigenvalue weighted by Crippen LogP contribution is -2.37. The average Bonchev–Trinajstić information content (AvgIpc) is 3.08. The molecule has 1 saturated heterocycles. The number of H-pyrrole nitrogens is 1. The third kappa shape index (κ3) is 3.92. The van der Waals surface area contributed by atoms with Crippen LogP contribution in [0.5, 0.6) is 5.75 Å². The molecule has 8 heteroatoms. The van der Waals surface area contributed by atoms with Crippen LogP contribution in [0.4, 0.5) is 0 Å². The molecule has 1 N–H and O–H groups in total. The summed E-state index contributed by atoms with van der Waals surface area (Å²) in [6.45, 7) is 4.99. The first kappa shape index (κ1) is 19.0. The summed E-state index contributed by atoms with van der Waals surface area (Å²) in [6.07, 6.45) is 2.58. The molecule has 28 heavy (non-hydrogen) atoms. The molecule has 0 spiro atoms. The van der Waals surface area contributed by atoms with E-state index >= 15 is 0 Å². The minimum Gasteiger partial charge on any atom is -0.491 e. The molecule has 3 aromatic rings. The van der Waals surface area contributed by atoms with Gasteiger partial charge in [0.25, 0.3) is 0 Å². The van der Waals surface area contributed by atoms with Crippen LogP contribution in [0.1, 0.15) is 16.8 Å². The third-order valence-electron chi connectivity index (χ3n) is 4.92. The summed E-state index contributed by atoms with van der Waals surface area (Å²) in [5, 5.41) is 2.13. The predicted molar refractivity (Wildman–Crippen MR) is 107 cm³/mol. The van der Waals surface area contributed by atoms with Crippen molar-refractivity contribution in [1.82, 2.24) is 14.9 Å². The zero-order valence-corrected chi connectivity index (χ0v) is 16.4. The zero-order valence-electron chi connectivity index (χ0n) is 15.7. The number of nitrogens with zero attached hydrogens (tertiary/aromatic N) is 2. The van der Waals surface area contributed by atoms with Crippen LogP contribution in [0, 0.1) is 0 Å². The predicted octanol–water partition coefficient (Wildman–Crippen LogP) is 3.26. The van der Waals surface area contributed by atoms with Crippen molar-refractivity contribution in [2.24, 2.45) is 0 Å². The highest BCUT2D eigenvalue weighted by atomic mass is 35.5. The number of fused-ring (bicyclic) bond motifs is 3. The second-order valence-corrected chi connectivity index (χ2v) is 7.11. The molecule has 4 rings (SSSR count). The van der Waals surface area contributed by atoms with Gasteiger partial charge >= 0.3 is 5.97 Å². The first-order chi connectivity index (χ1) is 13.7. The topological polar surface area (TPSA) is 76.7 Å². The van der Waals surface area contributed by atoms with Gasteiger partial charge in [0.15, 0.2) is 0 Å². The number of esters is 1. The molecule has 1 aromatic carbocycles. The number of benzene rings is 1. The first-order valence-electron chi connectivity index (χ1n) is 9.28. The molecule has 0 amide bonds. The molecule has 2 aromatic heterocycles. The highest BCUT2D eigenvalue weighted by Crippen LogP contribution is 2.34. The second-order valence-electron chi connectivity index (χ2n) is 6.72. The van der Waals surface area contributed by atoms with Gasteiger partial charge in [0.05, 0.1) is 43.5 Å². The van der Waals surface area contributed by atoms with Gasteiger partial charge in [-0.2, -0.15) is 0 Å². The van der Waals surface area contributed by atoms with E-state index in [0.717, 1.165) is 61.1 Å². The Hall–Kier alpha value is -2.35. The molecule has 148 valence electrons. The van der Waals surface area contributed by atoms with Crippen molar-refractivity contribution in [3.8, 4) is 5.75 Å². The Morgan fingerprint density at radius 2 is 2.11 bits per heavy atom. The van der Waals surface area contributed by atoms with Crippen molar-refractivity contribution < 1.29 is 19.0 Å². The number of hydrogen-bond donors (Lipinski definition) is 1. The molecule has 0 radical (unpaired) electrons. The van der Waals surface area contributed by atoms with Crippen molar-refractivity contribution in [2.45, 2.75) is 6.42 Å². The molecular formula is C20H22ClN3O4. The number of nitrogens with one attached hydrogen (secondary N) is 1. The van der Waals surface area contributed by atoms with E-state index in [1.54, 1.807) is 24.4 Å². The SMILES string of the molecule is COC(=O)c1cc(OCCCN2CCOCC2)c2[nH]c3cc(Cl)ncc3c2c1. The molecule has 0 atom stereocenters. The van der Waals surface area contributed by atoms with E-state index in [0.29, 0.717) is 23.1 Å². The molecule has 0 unspecified atom stereocenters. The summed E-state index contributed by atoms with van der Waals surface area (Å²) in [5.41, 5.74) is 2.10. The lowest BCUT2D eigenvalue weighted by Gasteiger charge is -2.26. The summed E-state index contributed by atoms with van der Waals surface area (Å²) in [7, 11) is 1.37. The van der Waals surface area contributed by atoms with Gasteiger partial charge in [0.2, 0.25) is 0 Å². The van der Waals surface area contributed by atoms with Crippen LogP contribution in [0.25, 0.3) is 21.8 Å². The van der Waals surface area contributed by atoms with E-state index in [2.05, 4.69) is 14.9 Å². The van der Waals surface area contributed by atoms with Crippen LogP contribution >= 0.6 is 11.6 Å². The number of ether oxygens (including phenoxy) is 3. The standard InChI is InChI=1S/C20H22ClN3O4/c1-26-20(25)13-9-14-15-12-22-18(21)11-16(15)23-19(14)17(10-13)28-6-2-3-24-4-7-27-8-5-24/h9-12,23H,2-8H2,1H3. The molecule has 7 nitrogen and oxygen atoms in total. The molecular weight excluding hydrogens is 382 g/mol. The number of rotatable bonds is 6. The minimum absolute atomic E-state index is 0.403. The first-order valence-corrected chi connectivity index (χ1v) is 9.65. The number of carbonyl (C=O) groups excluding carboxylic acids is 1. The summed E-state index contributed by atoms with van der Waals surface area (Å²) in [6, 6.07) is 5.26. The van der Waals surface area contributed by atoms with Crippen molar-refractivity contribution in [1.29, 1.82) is 0 Å². The van der Waals surface area contributed by atoms with E-state index in [1.165, 1.54) is 7.11 Å². The third-order valence-corrected chi connectivity index (χ3v) is 5.13. The van der Waals surface area contributed by atoms with Crippen LogP contribution in [-0.4, -0.2) is 67.4 Å². The molecule has 1 aliphatic rings. The van der Waals surface area contributed by atoms with E-state index in [4.69, 9.17) is 25.8 Å². The van der Waals surface area contributed by atoms with Gasteiger partial charge in [-0.05, 0) is 24.6 Å². The van der Waals surface area contributed by atoms with E-state index in [-0.39, 0.29) is 0 Å². The maximum Gasteiger partial charge on any atom is 0.338 e.